The van der Waals surface area contributed by atoms with Crippen LogP contribution in [0.3, 0.4) is 0 Å². The second kappa shape index (κ2) is 8.52. The molecule has 0 spiro atoms. The van der Waals surface area contributed by atoms with Gasteiger partial charge >= 0.3 is 6.03 Å². The maximum atomic E-state index is 12.8. The third-order valence-electron chi connectivity index (χ3n) is 3.55. The molecule has 3 rings (SSSR count). The number of amides is 3. The lowest BCUT2D eigenvalue weighted by molar-refractivity contribution is -0.115. The SMILES string of the molecule is O=C(CNC(=O)NCc1ccc(F)cc1)Nc1ccc(-c2nn[nH]n2)cc1. The summed E-state index contributed by atoms with van der Waals surface area (Å²) in [4.78, 5) is 23.6. The van der Waals surface area contributed by atoms with Crippen molar-refractivity contribution < 1.29 is 14.0 Å². The Balaban J connectivity index is 1.41. The van der Waals surface area contributed by atoms with Crippen LogP contribution in [0.2, 0.25) is 0 Å². The molecular formula is C17H16FN7O2. The van der Waals surface area contributed by atoms with Gasteiger partial charge in [0.15, 0.2) is 0 Å². The van der Waals surface area contributed by atoms with Crippen LogP contribution >= 0.6 is 0 Å². The van der Waals surface area contributed by atoms with E-state index in [0.29, 0.717) is 11.5 Å². The number of anilines is 1. The predicted molar refractivity (Wildman–Crippen MR) is 94.9 cm³/mol. The van der Waals surface area contributed by atoms with E-state index in [2.05, 4.69) is 36.6 Å². The van der Waals surface area contributed by atoms with Crippen molar-refractivity contribution in [2.75, 3.05) is 11.9 Å². The first kappa shape index (κ1) is 18.0. The Morgan fingerprint density at radius 1 is 1.00 bits per heavy atom. The first-order chi connectivity index (χ1) is 13.1. The number of H-pyrrole nitrogens is 1. The molecule has 27 heavy (non-hydrogen) atoms. The largest absolute Gasteiger partial charge is 0.334 e. The van der Waals surface area contributed by atoms with Gasteiger partial charge in [-0.2, -0.15) is 5.21 Å². The maximum absolute atomic E-state index is 12.8. The van der Waals surface area contributed by atoms with E-state index < -0.39 is 6.03 Å². The molecule has 0 saturated heterocycles. The summed E-state index contributed by atoms with van der Waals surface area (Å²) in [7, 11) is 0. The molecule has 138 valence electrons. The van der Waals surface area contributed by atoms with Crippen LogP contribution in [0.15, 0.2) is 48.5 Å². The number of halogens is 1. The molecule has 0 fully saturated rings. The van der Waals surface area contributed by atoms with Gasteiger partial charge in [-0.25, -0.2) is 9.18 Å². The van der Waals surface area contributed by atoms with Crippen molar-refractivity contribution in [3.8, 4) is 11.4 Å². The van der Waals surface area contributed by atoms with E-state index >= 15 is 0 Å². The van der Waals surface area contributed by atoms with Crippen molar-refractivity contribution in [3.05, 3.63) is 59.9 Å². The summed E-state index contributed by atoms with van der Waals surface area (Å²) in [6, 6.07) is 12.1. The summed E-state index contributed by atoms with van der Waals surface area (Å²) in [5, 5.41) is 21.3. The van der Waals surface area contributed by atoms with E-state index in [-0.39, 0.29) is 24.8 Å². The standard InChI is InChI=1S/C17H16FN7O2/c18-13-5-1-11(2-6-13)9-19-17(27)20-10-15(26)21-14-7-3-12(4-8-14)16-22-24-25-23-16/h1-8H,9-10H2,(H,21,26)(H2,19,20,27)(H,22,23,24,25). The molecule has 0 aliphatic carbocycles. The number of nitrogens with one attached hydrogen (secondary N) is 4. The van der Waals surface area contributed by atoms with Gasteiger partial charge < -0.3 is 16.0 Å². The fraction of sp³-hybridized carbons (Fsp3) is 0.118. The summed E-state index contributed by atoms with van der Waals surface area (Å²) in [6.45, 7) is 0.0348. The Bertz CT molecular complexity index is 896. The topological polar surface area (TPSA) is 125 Å². The molecular weight excluding hydrogens is 353 g/mol. The maximum Gasteiger partial charge on any atom is 0.315 e. The highest BCUT2D eigenvalue weighted by Crippen LogP contribution is 2.16. The molecule has 4 N–H and O–H groups in total. The van der Waals surface area contributed by atoms with Crippen LogP contribution in [-0.4, -0.2) is 39.1 Å². The predicted octanol–water partition coefficient (Wildman–Crippen LogP) is 1.44. The molecule has 1 heterocycles. The molecule has 9 nitrogen and oxygen atoms in total. The molecule has 0 atom stereocenters. The van der Waals surface area contributed by atoms with Crippen LogP contribution in [0.4, 0.5) is 14.9 Å². The minimum absolute atomic E-state index is 0.193. The molecule has 0 bridgehead atoms. The van der Waals surface area contributed by atoms with E-state index in [1.165, 1.54) is 12.1 Å². The molecule has 0 aliphatic rings. The zero-order valence-electron chi connectivity index (χ0n) is 14.1. The first-order valence-corrected chi connectivity index (χ1v) is 8.00. The van der Waals surface area contributed by atoms with Crippen molar-refractivity contribution in [1.29, 1.82) is 0 Å². The smallest absolute Gasteiger partial charge is 0.315 e. The van der Waals surface area contributed by atoms with Gasteiger partial charge in [-0.1, -0.05) is 12.1 Å². The average molecular weight is 369 g/mol. The number of aromatic nitrogens is 4. The molecule has 0 radical (unpaired) electrons. The van der Waals surface area contributed by atoms with Crippen LogP contribution < -0.4 is 16.0 Å². The van der Waals surface area contributed by atoms with Gasteiger partial charge in [-0.3, -0.25) is 4.79 Å². The van der Waals surface area contributed by atoms with Gasteiger partial charge in [0.05, 0.1) is 6.54 Å². The number of nitrogens with zero attached hydrogens (tertiary/aromatic N) is 3. The molecule has 0 saturated carbocycles. The normalized spacial score (nSPS) is 10.3. The monoisotopic (exact) mass is 369 g/mol. The fourth-order valence-corrected chi connectivity index (χ4v) is 2.20. The van der Waals surface area contributed by atoms with Crippen molar-refractivity contribution in [1.82, 2.24) is 31.3 Å². The number of benzene rings is 2. The lowest BCUT2D eigenvalue weighted by Gasteiger charge is -2.09. The molecule has 3 aromatic rings. The van der Waals surface area contributed by atoms with Crippen molar-refractivity contribution in [2.24, 2.45) is 0 Å². The van der Waals surface area contributed by atoms with Gasteiger partial charge in [-0.05, 0) is 47.2 Å². The van der Waals surface area contributed by atoms with Gasteiger partial charge in [0.2, 0.25) is 11.7 Å². The van der Waals surface area contributed by atoms with Crippen molar-refractivity contribution in [3.63, 3.8) is 0 Å². The summed E-state index contributed by atoms with van der Waals surface area (Å²) in [5.41, 5.74) is 2.07. The van der Waals surface area contributed by atoms with Crippen LogP contribution in [-0.2, 0) is 11.3 Å². The van der Waals surface area contributed by atoms with Crippen molar-refractivity contribution in [2.45, 2.75) is 6.54 Å². The van der Waals surface area contributed by atoms with Crippen LogP contribution in [0.25, 0.3) is 11.4 Å². The number of carbonyl (C=O) groups is 2. The molecule has 10 heteroatoms. The third kappa shape index (κ3) is 5.33. The molecule has 2 aromatic carbocycles. The van der Waals surface area contributed by atoms with Crippen molar-refractivity contribution >= 4 is 17.6 Å². The lowest BCUT2D eigenvalue weighted by Crippen LogP contribution is -2.39. The number of urea groups is 1. The van der Waals surface area contributed by atoms with Gasteiger partial charge in [0.25, 0.3) is 0 Å². The zero-order valence-corrected chi connectivity index (χ0v) is 14.1. The van der Waals surface area contributed by atoms with E-state index in [1.807, 2.05) is 0 Å². The fourth-order valence-electron chi connectivity index (χ4n) is 2.20. The second-order valence-electron chi connectivity index (χ2n) is 5.52. The van der Waals surface area contributed by atoms with Crippen LogP contribution in [0.1, 0.15) is 5.56 Å². The number of rotatable bonds is 6. The van der Waals surface area contributed by atoms with Crippen LogP contribution in [0, 0.1) is 5.82 Å². The number of aromatic amines is 1. The quantitative estimate of drug-likeness (QED) is 0.523. The Kier molecular flexibility index (Phi) is 5.67. The van der Waals surface area contributed by atoms with Gasteiger partial charge in [0.1, 0.15) is 5.82 Å². The molecule has 0 unspecified atom stereocenters. The Morgan fingerprint density at radius 2 is 1.74 bits per heavy atom. The second-order valence-corrected chi connectivity index (χ2v) is 5.52. The summed E-state index contributed by atoms with van der Waals surface area (Å²) >= 11 is 0. The molecule has 3 amide bonds. The van der Waals surface area contributed by atoms with Gasteiger partial charge in [0, 0.05) is 17.8 Å². The third-order valence-corrected chi connectivity index (χ3v) is 3.55. The Labute approximate surface area is 153 Å². The Hall–Kier alpha value is -3.82. The summed E-state index contributed by atoms with van der Waals surface area (Å²) < 4.78 is 12.8. The highest BCUT2D eigenvalue weighted by Gasteiger charge is 2.07. The number of carbonyl (C=O) groups excluding carboxylic acids is 2. The van der Waals surface area contributed by atoms with E-state index in [4.69, 9.17) is 0 Å². The lowest BCUT2D eigenvalue weighted by atomic mass is 10.2. The highest BCUT2D eigenvalue weighted by molar-refractivity contribution is 5.94. The average Bonchev–Trinajstić information content (AvgIpc) is 3.21. The minimum atomic E-state index is -0.498. The first-order valence-electron chi connectivity index (χ1n) is 8.00. The summed E-state index contributed by atoms with van der Waals surface area (Å²) in [6.07, 6.45) is 0. The molecule has 1 aromatic heterocycles. The van der Waals surface area contributed by atoms with Crippen LogP contribution in [0.5, 0.6) is 0 Å². The van der Waals surface area contributed by atoms with E-state index in [9.17, 15) is 14.0 Å². The minimum Gasteiger partial charge on any atom is -0.334 e. The van der Waals surface area contributed by atoms with E-state index in [1.54, 1.807) is 36.4 Å². The number of hydrogen-bond donors (Lipinski definition) is 4. The number of hydrogen-bond acceptors (Lipinski definition) is 5. The van der Waals surface area contributed by atoms with E-state index in [0.717, 1.165) is 11.1 Å². The molecule has 0 aliphatic heterocycles. The number of tetrazole rings is 1. The van der Waals surface area contributed by atoms with Gasteiger partial charge in [-0.15, -0.1) is 10.2 Å². The summed E-state index contributed by atoms with van der Waals surface area (Å²) in [5.74, 6) is -0.267. The highest BCUT2D eigenvalue weighted by atomic mass is 19.1. The zero-order chi connectivity index (χ0) is 19.1. The Morgan fingerprint density at radius 3 is 2.41 bits per heavy atom.